The van der Waals surface area contributed by atoms with Gasteiger partial charge in [-0.1, -0.05) is 51.8 Å². The van der Waals surface area contributed by atoms with E-state index in [0.29, 0.717) is 0 Å². The van der Waals surface area contributed by atoms with Crippen molar-refractivity contribution in [2.24, 2.45) is 0 Å². The van der Waals surface area contributed by atoms with E-state index in [-0.39, 0.29) is 0 Å². The summed E-state index contributed by atoms with van der Waals surface area (Å²) < 4.78 is 3.68. The van der Waals surface area contributed by atoms with Crippen LogP contribution >= 0.6 is 38.9 Å². The van der Waals surface area contributed by atoms with Gasteiger partial charge in [0.05, 0.1) is 0 Å². The molecule has 3 aromatic carbocycles. The van der Waals surface area contributed by atoms with Crippen LogP contribution in [0.2, 0.25) is 5.02 Å². The molecule has 0 unspecified atom stereocenters. The van der Waals surface area contributed by atoms with Crippen molar-refractivity contribution in [2.45, 2.75) is 0 Å². The number of fused-ring (bicyclic) bond motifs is 3. The van der Waals surface area contributed by atoms with Gasteiger partial charge in [-0.25, -0.2) is 0 Å². The van der Waals surface area contributed by atoms with Crippen LogP contribution < -0.4 is 0 Å². The van der Waals surface area contributed by atoms with E-state index in [9.17, 15) is 0 Å². The Bertz CT molecular complexity index is 954. The highest BCUT2D eigenvalue weighted by Gasteiger charge is 2.07. The zero-order valence-electron chi connectivity index (χ0n) is 10.9. The highest BCUT2D eigenvalue weighted by Crippen LogP contribution is 2.37. The highest BCUT2D eigenvalue weighted by atomic mass is 79.9. The molecule has 0 saturated carbocycles. The average molecular weight is 374 g/mol. The first-order valence-corrected chi connectivity index (χ1v) is 8.57. The molecule has 0 amide bonds. The van der Waals surface area contributed by atoms with Gasteiger partial charge in [0.2, 0.25) is 0 Å². The maximum absolute atomic E-state index is 6.12. The molecule has 0 spiro atoms. The van der Waals surface area contributed by atoms with Crippen LogP contribution in [0.3, 0.4) is 0 Å². The van der Waals surface area contributed by atoms with Crippen LogP contribution in [-0.2, 0) is 0 Å². The zero-order valence-corrected chi connectivity index (χ0v) is 14.1. The second-order valence-electron chi connectivity index (χ2n) is 4.96. The molecule has 0 nitrogen and oxygen atoms in total. The van der Waals surface area contributed by atoms with Crippen molar-refractivity contribution in [1.29, 1.82) is 0 Å². The number of thiophene rings is 1. The summed E-state index contributed by atoms with van der Waals surface area (Å²) >= 11 is 11.4. The number of rotatable bonds is 1. The van der Waals surface area contributed by atoms with Crippen molar-refractivity contribution >= 4 is 59.0 Å². The van der Waals surface area contributed by atoms with E-state index in [4.69, 9.17) is 11.6 Å². The summed E-state index contributed by atoms with van der Waals surface area (Å²) in [6, 6.07) is 21.2. The molecule has 1 heterocycles. The minimum absolute atomic E-state index is 0.791. The van der Waals surface area contributed by atoms with E-state index >= 15 is 0 Å². The van der Waals surface area contributed by atoms with Gasteiger partial charge in [0.1, 0.15) is 0 Å². The molecule has 4 rings (SSSR count). The number of hydrogen-bond donors (Lipinski definition) is 0. The van der Waals surface area contributed by atoms with E-state index in [1.165, 1.54) is 31.3 Å². The molecule has 1 aromatic heterocycles. The fourth-order valence-corrected chi connectivity index (χ4v) is 4.13. The molecular weight excluding hydrogens is 364 g/mol. The fraction of sp³-hybridized carbons (Fsp3) is 0. The third-order valence-corrected chi connectivity index (χ3v) is 5.51. The molecule has 21 heavy (non-hydrogen) atoms. The average Bonchev–Trinajstić information content (AvgIpc) is 2.85. The summed E-state index contributed by atoms with van der Waals surface area (Å²) in [6.07, 6.45) is 0. The topological polar surface area (TPSA) is 0 Å². The first-order chi connectivity index (χ1) is 10.2. The third-order valence-electron chi connectivity index (χ3n) is 3.61. The summed E-state index contributed by atoms with van der Waals surface area (Å²) in [4.78, 5) is 0. The van der Waals surface area contributed by atoms with Gasteiger partial charge < -0.3 is 0 Å². The molecule has 0 aliphatic carbocycles. The van der Waals surface area contributed by atoms with Crippen molar-refractivity contribution in [3.63, 3.8) is 0 Å². The second kappa shape index (κ2) is 5.13. The fourth-order valence-electron chi connectivity index (χ4n) is 2.57. The minimum Gasteiger partial charge on any atom is -0.135 e. The Morgan fingerprint density at radius 3 is 2.29 bits per heavy atom. The Balaban J connectivity index is 1.94. The second-order valence-corrected chi connectivity index (χ2v) is 7.40. The lowest BCUT2D eigenvalue weighted by Crippen LogP contribution is -1.76. The first kappa shape index (κ1) is 13.3. The molecule has 0 aliphatic heterocycles. The van der Waals surface area contributed by atoms with E-state index in [1.807, 2.05) is 17.4 Å². The highest BCUT2D eigenvalue weighted by molar-refractivity contribution is 9.10. The van der Waals surface area contributed by atoms with E-state index in [1.54, 1.807) is 0 Å². The minimum atomic E-state index is 0.791. The van der Waals surface area contributed by atoms with Gasteiger partial charge in [0, 0.05) is 29.7 Å². The quantitative estimate of drug-likeness (QED) is 0.332. The van der Waals surface area contributed by atoms with Crippen LogP contribution in [0.5, 0.6) is 0 Å². The van der Waals surface area contributed by atoms with Crippen LogP contribution in [0.15, 0.2) is 65.1 Å². The van der Waals surface area contributed by atoms with Gasteiger partial charge >= 0.3 is 0 Å². The lowest BCUT2D eigenvalue weighted by molar-refractivity contribution is 1.62. The maximum Gasteiger partial charge on any atom is 0.0413 e. The Kier molecular flexibility index (Phi) is 3.26. The lowest BCUT2D eigenvalue weighted by Gasteiger charge is -2.02. The molecule has 0 radical (unpaired) electrons. The first-order valence-electron chi connectivity index (χ1n) is 6.58. The normalized spacial score (nSPS) is 11.3. The summed E-state index contributed by atoms with van der Waals surface area (Å²) in [7, 11) is 0. The van der Waals surface area contributed by atoms with Crippen LogP contribution in [-0.4, -0.2) is 0 Å². The molecule has 4 aromatic rings. The Morgan fingerprint density at radius 1 is 0.714 bits per heavy atom. The summed E-state index contributed by atoms with van der Waals surface area (Å²) in [6.45, 7) is 0. The van der Waals surface area contributed by atoms with E-state index in [0.717, 1.165) is 9.50 Å². The third kappa shape index (κ3) is 2.38. The summed E-state index contributed by atoms with van der Waals surface area (Å²) in [5, 5.41) is 3.31. The van der Waals surface area contributed by atoms with Crippen LogP contribution in [0.4, 0.5) is 0 Å². The Hall–Kier alpha value is -1.35. The predicted molar refractivity (Wildman–Crippen MR) is 97.5 cm³/mol. The summed E-state index contributed by atoms with van der Waals surface area (Å²) in [5.74, 6) is 0. The molecule has 0 atom stereocenters. The van der Waals surface area contributed by atoms with Gasteiger partial charge in [-0.05, 0) is 47.5 Å². The smallest absolute Gasteiger partial charge is 0.0413 e. The van der Waals surface area contributed by atoms with Crippen molar-refractivity contribution in [3.05, 3.63) is 70.2 Å². The van der Waals surface area contributed by atoms with Gasteiger partial charge in [0.25, 0.3) is 0 Å². The zero-order chi connectivity index (χ0) is 14.4. The van der Waals surface area contributed by atoms with Crippen LogP contribution in [0.1, 0.15) is 0 Å². The number of halogens is 2. The largest absolute Gasteiger partial charge is 0.135 e. The van der Waals surface area contributed by atoms with Gasteiger partial charge in [-0.15, -0.1) is 11.3 Å². The molecular formula is C18H10BrClS. The Labute approximate surface area is 140 Å². The van der Waals surface area contributed by atoms with Gasteiger partial charge in [0.15, 0.2) is 0 Å². The summed E-state index contributed by atoms with van der Waals surface area (Å²) in [5.41, 5.74) is 2.48. The maximum atomic E-state index is 6.12. The molecule has 0 bridgehead atoms. The standard InChI is InChI=1S/C18H10BrClS/c19-13-4-1-11(2-5-13)12-3-7-15-16-10-14(20)6-8-17(16)21-18(15)9-12/h1-10H. The predicted octanol–water partition coefficient (Wildman–Crippen LogP) is 7.14. The van der Waals surface area contributed by atoms with Crippen molar-refractivity contribution in [3.8, 4) is 11.1 Å². The number of hydrogen-bond acceptors (Lipinski definition) is 1. The lowest BCUT2D eigenvalue weighted by atomic mass is 10.0. The van der Waals surface area contributed by atoms with Gasteiger partial charge in [-0.2, -0.15) is 0 Å². The molecule has 102 valence electrons. The molecule has 0 saturated heterocycles. The molecule has 0 N–H and O–H groups in total. The van der Waals surface area contributed by atoms with Crippen molar-refractivity contribution < 1.29 is 0 Å². The number of benzene rings is 3. The van der Waals surface area contributed by atoms with Crippen LogP contribution in [0, 0.1) is 0 Å². The molecule has 0 fully saturated rings. The van der Waals surface area contributed by atoms with Crippen LogP contribution in [0.25, 0.3) is 31.3 Å². The Morgan fingerprint density at radius 2 is 1.48 bits per heavy atom. The van der Waals surface area contributed by atoms with Crippen molar-refractivity contribution in [2.75, 3.05) is 0 Å². The molecule has 0 aliphatic rings. The van der Waals surface area contributed by atoms with Crippen molar-refractivity contribution in [1.82, 2.24) is 0 Å². The van der Waals surface area contributed by atoms with Gasteiger partial charge in [-0.3, -0.25) is 0 Å². The molecule has 3 heteroatoms. The SMILES string of the molecule is Clc1ccc2sc3cc(-c4ccc(Br)cc4)ccc3c2c1. The van der Waals surface area contributed by atoms with E-state index in [2.05, 4.69) is 70.5 Å². The van der Waals surface area contributed by atoms with E-state index < -0.39 is 0 Å². The monoisotopic (exact) mass is 372 g/mol.